The van der Waals surface area contributed by atoms with Crippen molar-refractivity contribution in [3.8, 4) is 6.07 Å². The third kappa shape index (κ3) is 3.51. The van der Waals surface area contributed by atoms with Crippen molar-refractivity contribution in [2.24, 2.45) is 0 Å². The summed E-state index contributed by atoms with van der Waals surface area (Å²) in [5.74, 6) is -0.946. The Kier molecular flexibility index (Phi) is 4.72. The predicted octanol–water partition coefficient (Wildman–Crippen LogP) is 0.966. The lowest BCUT2D eigenvalue weighted by molar-refractivity contribution is -0.120. The van der Waals surface area contributed by atoms with Gasteiger partial charge in [-0.15, -0.1) is 0 Å². The highest BCUT2D eigenvalue weighted by Crippen LogP contribution is 2.10. The van der Waals surface area contributed by atoms with Crippen molar-refractivity contribution in [2.75, 3.05) is 0 Å². The first-order chi connectivity index (χ1) is 7.65. The maximum Gasteiger partial charge on any atom is 0.270 e. The van der Waals surface area contributed by atoms with E-state index in [-0.39, 0.29) is 6.42 Å². The SMILES string of the molecule is N#CCC(=O)NNC(=O)c1ccccc1I. The number of halogens is 1. The first-order valence-electron chi connectivity index (χ1n) is 4.36. The number of hydrogen-bond donors (Lipinski definition) is 2. The van der Waals surface area contributed by atoms with Gasteiger partial charge in [0.15, 0.2) is 0 Å². The maximum atomic E-state index is 11.6. The Bertz CT molecular complexity index is 454. The van der Waals surface area contributed by atoms with Crippen LogP contribution in [0.3, 0.4) is 0 Å². The first-order valence-corrected chi connectivity index (χ1v) is 5.43. The number of nitrogens with one attached hydrogen (secondary N) is 2. The summed E-state index contributed by atoms with van der Waals surface area (Å²) in [6.07, 6.45) is -0.286. The van der Waals surface area contributed by atoms with Crippen LogP contribution in [-0.2, 0) is 4.79 Å². The Morgan fingerprint density at radius 3 is 2.62 bits per heavy atom. The number of hydrogen-bond acceptors (Lipinski definition) is 3. The standard InChI is InChI=1S/C10H8IN3O2/c11-8-4-2-1-3-7(8)10(16)14-13-9(15)5-6-12/h1-4H,5H2,(H,13,15)(H,14,16). The van der Waals surface area contributed by atoms with E-state index in [0.29, 0.717) is 5.56 Å². The van der Waals surface area contributed by atoms with Crippen LogP contribution in [0.15, 0.2) is 24.3 Å². The summed E-state index contributed by atoms with van der Waals surface area (Å²) in [6, 6.07) is 8.65. The quantitative estimate of drug-likeness (QED) is 0.626. The number of amides is 2. The van der Waals surface area contributed by atoms with Gasteiger partial charge in [-0.05, 0) is 34.7 Å². The van der Waals surface area contributed by atoms with Crippen LogP contribution >= 0.6 is 22.6 Å². The third-order valence-electron chi connectivity index (χ3n) is 1.67. The number of nitrogens with zero attached hydrogens (tertiary/aromatic N) is 1. The van der Waals surface area contributed by atoms with E-state index >= 15 is 0 Å². The second kappa shape index (κ2) is 6.07. The van der Waals surface area contributed by atoms with Crippen LogP contribution in [0.4, 0.5) is 0 Å². The van der Waals surface area contributed by atoms with Gasteiger partial charge in [0.2, 0.25) is 0 Å². The smallest absolute Gasteiger partial charge is 0.270 e. The summed E-state index contributed by atoms with van der Waals surface area (Å²) in [5.41, 5.74) is 4.85. The summed E-state index contributed by atoms with van der Waals surface area (Å²) >= 11 is 2.02. The summed E-state index contributed by atoms with van der Waals surface area (Å²) in [6.45, 7) is 0. The van der Waals surface area contributed by atoms with Gasteiger partial charge in [-0.1, -0.05) is 12.1 Å². The van der Waals surface area contributed by atoms with Gasteiger partial charge in [-0.3, -0.25) is 20.4 Å². The molecule has 16 heavy (non-hydrogen) atoms. The molecule has 0 bridgehead atoms. The van der Waals surface area contributed by atoms with E-state index in [9.17, 15) is 9.59 Å². The van der Waals surface area contributed by atoms with Crippen molar-refractivity contribution in [2.45, 2.75) is 6.42 Å². The minimum absolute atomic E-state index is 0.286. The molecule has 0 aromatic heterocycles. The molecule has 0 aliphatic carbocycles. The summed E-state index contributed by atoms with van der Waals surface area (Å²) < 4.78 is 0.784. The van der Waals surface area contributed by atoms with Gasteiger partial charge in [-0.2, -0.15) is 5.26 Å². The largest absolute Gasteiger partial charge is 0.272 e. The van der Waals surface area contributed by atoms with Gasteiger partial charge in [0.1, 0.15) is 6.42 Å². The molecule has 0 saturated heterocycles. The average molecular weight is 329 g/mol. The molecule has 0 atom stereocenters. The van der Waals surface area contributed by atoms with Gasteiger partial charge in [-0.25, -0.2) is 0 Å². The van der Waals surface area contributed by atoms with Gasteiger partial charge in [0.05, 0.1) is 11.6 Å². The van der Waals surface area contributed by atoms with E-state index in [4.69, 9.17) is 5.26 Å². The summed E-state index contributed by atoms with van der Waals surface area (Å²) in [7, 11) is 0. The first kappa shape index (κ1) is 12.4. The second-order valence-electron chi connectivity index (χ2n) is 2.82. The minimum atomic E-state index is -0.540. The fourth-order valence-corrected chi connectivity index (χ4v) is 1.59. The molecule has 1 rings (SSSR count). The lowest BCUT2D eigenvalue weighted by Crippen LogP contribution is -2.41. The molecule has 0 saturated carbocycles. The lowest BCUT2D eigenvalue weighted by Gasteiger charge is -2.06. The van der Waals surface area contributed by atoms with E-state index in [1.54, 1.807) is 24.3 Å². The van der Waals surface area contributed by atoms with Crippen molar-refractivity contribution in [3.05, 3.63) is 33.4 Å². The average Bonchev–Trinajstić information content (AvgIpc) is 2.27. The monoisotopic (exact) mass is 329 g/mol. The molecule has 0 aliphatic rings. The molecule has 0 radical (unpaired) electrons. The zero-order valence-electron chi connectivity index (χ0n) is 8.16. The van der Waals surface area contributed by atoms with Gasteiger partial charge < -0.3 is 0 Å². The molecule has 5 nitrogen and oxygen atoms in total. The Hall–Kier alpha value is -1.62. The van der Waals surface area contributed by atoms with Crippen LogP contribution in [0.2, 0.25) is 0 Å². The van der Waals surface area contributed by atoms with Crippen molar-refractivity contribution < 1.29 is 9.59 Å². The fourth-order valence-electron chi connectivity index (χ4n) is 0.955. The van der Waals surface area contributed by atoms with Gasteiger partial charge in [0, 0.05) is 3.57 Å². The summed E-state index contributed by atoms with van der Waals surface area (Å²) in [5, 5.41) is 8.24. The van der Waals surface area contributed by atoms with Crippen molar-refractivity contribution >= 4 is 34.4 Å². The molecule has 0 fully saturated rings. The Labute approximate surface area is 106 Å². The van der Waals surface area contributed by atoms with E-state index in [1.807, 2.05) is 28.7 Å². The van der Waals surface area contributed by atoms with Crippen LogP contribution in [0.1, 0.15) is 16.8 Å². The fraction of sp³-hybridized carbons (Fsp3) is 0.100. The van der Waals surface area contributed by atoms with Crippen LogP contribution in [0.25, 0.3) is 0 Å². The molecule has 2 N–H and O–H groups in total. The van der Waals surface area contributed by atoms with E-state index in [2.05, 4.69) is 10.9 Å². The van der Waals surface area contributed by atoms with Crippen molar-refractivity contribution in [1.29, 1.82) is 5.26 Å². The highest BCUT2D eigenvalue weighted by atomic mass is 127. The predicted molar refractivity (Wildman–Crippen MR) is 65.0 cm³/mol. The molecule has 2 amide bonds. The maximum absolute atomic E-state index is 11.6. The Morgan fingerprint density at radius 1 is 1.31 bits per heavy atom. The number of carbonyl (C=O) groups excluding carboxylic acids is 2. The minimum Gasteiger partial charge on any atom is -0.272 e. The third-order valence-corrected chi connectivity index (χ3v) is 2.61. The number of rotatable bonds is 2. The molecule has 0 unspecified atom stereocenters. The van der Waals surface area contributed by atoms with Crippen LogP contribution in [0.5, 0.6) is 0 Å². The lowest BCUT2D eigenvalue weighted by atomic mass is 10.2. The molecule has 1 aromatic carbocycles. The number of nitriles is 1. The molecule has 0 spiro atoms. The van der Waals surface area contributed by atoms with Crippen LogP contribution in [0, 0.1) is 14.9 Å². The molecule has 0 aliphatic heterocycles. The van der Waals surface area contributed by atoms with Crippen LogP contribution < -0.4 is 10.9 Å². The number of carbonyl (C=O) groups is 2. The van der Waals surface area contributed by atoms with Crippen LogP contribution in [-0.4, -0.2) is 11.8 Å². The Balaban J connectivity index is 2.58. The normalized spacial score (nSPS) is 9.00. The summed E-state index contributed by atoms with van der Waals surface area (Å²) in [4.78, 5) is 22.5. The molecular weight excluding hydrogens is 321 g/mol. The zero-order chi connectivity index (χ0) is 12.0. The van der Waals surface area contributed by atoms with E-state index in [0.717, 1.165) is 3.57 Å². The number of hydrazine groups is 1. The topological polar surface area (TPSA) is 82.0 Å². The van der Waals surface area contributed by atoms with Gasteiger partial charge in [0.25, 0.3) is 11.8 Å². The van der Waals surface area contributed by atoms with E-state index in [1.165, 1.54) is 0 Å². The van der Waals surface area contributed by atoms with Gasteiger partial charge >= 0.3 is 0 Å². The Morgan fingerprint density at radius 2 is 2.00 bits per heavy atom. The molecule has 1 aromatic rings. The van der Waals surface area contributed by atoms with E-state index < -0.39 is 11.8 Å². The number of benzene rings is 1. The molecule has 0 heterocycles. The molecular formula is C10H8IN3O2. The highest BCUT2D eigenvalue weighted by Gasteiger charge is 2.09. The highest BCUT2D eigenvalue weighted by molar-refractivity contribution is 14.1. The zero-order valence-corrected chi connectivity index (χ0v) is 10.3. The molecule has 82 valence electrons. The van der Waals surface area contributed by atoms with Crippen molar-refractivity contribution in [1.82, 2.24) is 10.9 Å². The van der Waals surface area contributed by atoms with Crippen molar-refractivity contribution in [3.63, 3.8) is 0 Å². The second-order valence-corrected chi connectivity index (χ2v) is 3.98. The molecule has 6 heteroatoms.